The number of hydrogen-bond acceptors (Lipinski definition) is 6. The molecule has 0 aliphatic heterocycles. The molecule has 0 aliphatic rings. The molecule has 0 radical (unpaired) electrons. The fourth-order valence-electron chi connectivity index (χ4n) is 1.79. The zero-order valence-electron chi connectivity index (χ0n) is 11.4. The molecule has 21 heavy (non-hydrogen) atoms. The van der Waals surface area contributed by atoms with Gasteiger partial charge in [-0.3, -0.25) is 0 Å². The lowest BCUT2D eigenvalue weighted by Gasteiger charge is -2.00. The smallest absolute Gasteiger partial charge is 0.191 e. The van der Waals surface area contributed by atoms with E-state index in [1.54, 1.807) is 15.6 Å². The van der Waals surface area contributed by atoms with Gasteiger partial charge in [0.25, 0.3) is 0 Å². The molecule has 8 heteroatoms. The monoisotopic (exact) mass is 302 g/mol. The van der Waals surface area contributed by atoms with Gasteiger partial charge in [0.2, 0.25) is 0 Å². The fourth-order valence-corrected chi connectivity index (χ4v) is 2.60. The van der Waals surface area contributed by atoms with Crippen LogP contribution in [0.1, 0.15) is 11.5 Å². The van der Waals surface area contributed by atoms with Crippen LogP contribution in [-0.2, 0) is 19.4 Å². The molecule has 3 aromatic rings. The van der Waals surface area contributed by atoms with E-state index in [9.17, 15) is 0 Å². The van der Waals surface area contributed by atoms with Gasteiger partial charge in [-0.1, -0.05) is 30.0 Å². The third kappa shape index (κ3) is 2.96. The highest BCUT2D eigenvalue weighted by molar-refractivity contribution is 7.98. The minimum Gasteiger partial charge on any atom is -0.388 e. The molecule has 1 aromatic carbocycles. The van der Waals surface area contributed by atoms with Crippen molar-refractivity contribution in [1.82, 2.24) is 29.8 Å². The van der Waals surface area contributed by atoms with Gasteiger partial charge in [0, 0.05) is 12.8 Å². The van der Waals surface area contributed by atoms with Crippen molar-refractivity contribution in [3.05, 3.63) is 48.0 Å². The van der Waals surface area contributed by atoms with Crippen molar-refractivity contribution in [1.29, 1.82) is 0 Å². The second-order valence-corrected chi connectivity index (χ2v) is 5.31. The first kappa shape index (κ1) is 13.8. The first-order valence-electron chi connectivity index (χ1n) is 6.36. The maximum Gasteiger partial charge on any atom is 0.191 e. The molecule has 2 aromatic heterocycles. The summed E-state index contributed by atoms with van der Waals surface area (Å²) in [5, 5.41) is 26.4. The highest BCUT2D eigenvalue weighted by atomic mass is 32.2. The number of para-hydroxylation sites is 1. The number of aliphatic hydroxyl groups is 1. The van der Waals surface area contributed by atoms with Crippen molar-refractivity contribution < 1.29 is 5.11 Å². The molecular weight excluding hydrogens is 288 g/mol. The Labute approximate surface area is 125 Å². The van der Waals surface area contributed by atoms with Crippen molar-refractivity contribution in [2.24, 2.45) is 7.05 Å². The van der Waals surface area contributed by atoms with Crippen LogP contribution in [0.4, 0.5) is 0 Å². The van der Waals surface area contributed by atoms with Gasteiger partial charge in [-0.2, -0.15) is 15.0 Å². The maximum absolute atomic E-state index is 9.09. The first-order chi connectivity index (χ1) is 10.3. The van der Waals surface area contributed by atoms with E-state index in [4.69, 9.17) is 5.11 Å². The van der Waals surface area contributed by atoms with Gasteiger partial charge >= 0.3 is 0 Å². The van der Waals surface area contributed by atoms with Crippen LogP contribution in [0.25, 0.3) is 5.69 Å². The van der Waals surface area contributed by atoms with Gasteiger partial charge < -0.3 is 9.67 Å². The van der Waals surface area contributed by atoms with E-state index in [1.807, 2.05) is 37.4 Å². The summed E-state index contributed by atoms with van der Waals surface area (Å²) in [7, 11) is 1.83. The van der Waals surface area contributed by atoms with Gasteiger partial charge in [0.05, 0.1) is 17.6 Å². The Hall–Kier alpha value is -2.19. The van der Waals surface area contributed by atoms with Gasteiger partial charge in [0.15, 0.2) is 11.0 Å². The van der Waals surface area contributed by atoms with Crippen molar-refractivity contribution >= 4 is 11.8 Å². The maximum atomic E-state index is 9.09. The summed E-state index contributed by atoms with van der Waals surface area (Å²) in [4.78, 5) is 1.60. The second kappa shape index (κ2) is 6.06. The Kier molecular flexibility index (Phi) is 3.98. The first-order valence-corrected chi connectivity index (χ1v) is 7.35. The predicted octanol–water partition coefficient (Wildman–Crippen LogP) is 1.18. The van der Waals surface area contributed by atoms with E-state index in [0.717, 1.165) is 16.5 Å². The lowest BCUT2D eigenvalue weighted by molar-refractivity contribution is 0.266. The SMILES string of the molecule is Cn1c(CO)nnc1SCc1cnn(-c2ccccc2)n1. The lowest BCUT2D eigenvalue weighted by Crippen LogP contribution is -1.99. The Morgan fingerprint density at radius 2 is 2.00 bits per heavy atom. The minimum absolute atomic E-state index is 0.117. The summed E-state index contributed by atoms with van der Waals surface area (Å²) in [6.45, 7) is -0.117. The number of hydrogen-bond donors (Lipinski definition) is 1. The molecule has 0 unspecified atom stereocenters. The zero-order valence-corrected chi connectivity index (χ0v) is 12.2. The van der Waals surface area contributed by atoms with E-state index in [-0.39, 0.29) is 6.61 Å². The molecule has 0 spiro atoms. The quantitative estimate of drug-likeness (QED) is 0.713. The molecule has 0 aliphatic carbocycles. The summed E-state index contributed by atoms with van der Waals surface area (Å²) in [6, 6.07) is 9.75. The zero-order chi connectivity index (χ0) is 14.7. The van der Waals surface area contributed by atoms with Crippen molar-refractivity contribution in [3.8, 4) is 5.69 Å². The molecule has 0 saturated carbocycles. The number of rotatable bonds is 5. The van der Waals surface area contributed by atoms with Crippen LogP contribution in [0, 0.1) is 0 Å². The Balaban J connectivity index is 1.69. The summed E-state index contributed by atoms with van der Waals surface area (Å²) in [5.41, 5.74) is 1.78. The molecule has 7 nitrogen and oxygen atoms in total. The van der Waals surface area contributed by atoms with Gasteiger partial charge in [-0.15, -0.1) is 10.2 Å². The van der Waals surface area contributed by atoms with E-state index < -0.39 is 0 Å². The fraction of sp³-hybridized carbons (Fsp3) is 0.231. The Bertz CT molecular complexity index is 723. The topological polar surface area (TPSA) is 81.6 Å². The number of aromatic nitrogens is 6. The van der Waals surface area contributed by atoms with E-state index in [2.05, 4.69) is 20.4 Å². The molecule has 108 valence electrons. The third-order valence-corrected chi connectivity index (χ3v) is 4.00. The van der Waals surface area contributed by atoms with Crippen LogP contribution in [0.3, 0.4) is 0 Å². The largest absolute Gasteiger partial charge is 0.388 e. The highest BCUT2D eigenvalue weighted by Crippen LogP contribution is 2.20. The molecule has 0 amide bonds. The van der Waals surface area contributed by atoms with E-state index in [1.165, 1.54) is 11.8 Å². The molecule has 0 fully saturated rings. The average Bonchev–Trinajstić information content (AvgIpc) is 3.13. The number of thioether (sulfide) groups is 1. The number of benzene rings is 1. The lowest BCUT2D eigenvalue weighted by atomic mass is 10.3. The molecule has 0 bridgehead atoms. The van der Waals surface area contributed by atoms with Crippen LogP contribution in [0.15, 0.2) is 41.7 Å². The van der Waals surface area contributed by atoms with Gasteiger partial charge in [0.1, 0.15) is 6.61 Å². The number of aliphatic hydroxyl groups excluding tert-OH is 1. The minimum atomic E-state index is -0.117. The normalized spacial score (nSPS) is 11.0. The standard InChI is InChI=1S/C13H14N6OS/c1-18-12(8-20)15-16-13(18)21-9-10-7-14-19(17-10)11-5-3-2-4-6-11/h2-7,20H,8-9H2,1H3. The van der Waals surface area contributed by atoms with E-state index in [0.29, 0.717) is 11.6 Å². The summed E-state index contributed by atoms with van der Waals surface area (Å²) < 4.78 is 1.77. The van der Waals surface area contributed by atoms with Crippen molar-refractivity contribution in [2.45, 2.75) is 17.5 Å². The van der Waals surface area contributed by atoms with E-state index >= 15 is 0 Å². The van der Waals surface area contributed by atoms with Crippen LogP contribution < -0.4 is 0 Å². The summed E-state index contributed by atoms with van der Waals surface area (Å²) in [5.74, 6) is 1.19. The molecule has 0 atom stereocenters. The molecular formula is C13H14N6OS. The van der Waals surface area contributed by atoms with Gasteiger partial charge in [-0.25, -0.2) is 0 Å². The highest BCUT2D eigenvalue weighted by Gasteiger charge is 2.10. The average molecular weight is 302 g/mol. The van der Waals surface area contributed by atoms with Crippen LogP contribution in [0.5, 0.6) is 0 Å². The predicted molar refractivity (Wildman–Crippen MR) is 77.8 cm³/mol. The summed E-state index contributed by atoms with van der Waals surface area (Å²) >= 11 is 1.51. The molecule has 1 N–H and O–H groups in total. The Morgan fingerprint density at radius 3 is 2.71 bits per heavy atom. The summed E-state index contributed by atoms with van der Waals surface area (Å²) in [6.07, 6.45) is 1.74. The Morgan fingerprint density at radius 1 is 1.19 bits per heavy atom. The van der Waals surface area contributed by atoms with Crippen LogP contribution in [0.2, 0.25) is 0 Å². The molecule has 0 saturated heterocycles. The van der Waals surface area contributed by atoms with Crippen LogP contribution >= 0.6 is 11.8 Å². The second-order valence-electron chi connectivity index (χ2n) is 4.37. The number of nitrogens with zero attached hydrogens (tertiary/aromatic N) is 6. The third-order valence-electron chi connectivity index (χ3n) is 2.94. The van der Waals surface area contributed by atoms with Crippen molar-refractivity contribution in [3.63, 3.8) is 0 Å². The van der Waals surface area contributed by atoms with Crippen molar-refractivity contribution in [2.75, 3.05) is 0 Å². The van der Waals surface area contributed by atoms with Gasteiger partial charge in [-0.05, 0) is 12.1 Å². The van der Waals surface area contributed by atoms with Crippen LogP contribution in [-0.4, -0.2) is 34.9 Å². The molecule has 3 rings (SSSR count). The molecule has 2 heterocycles.